The van der Waals surface area contributed by atoms with Gasteiger partial charge < -0.3 is 15.8 Å². The summed E-state index contributed by atoms with van der Waals surface area (Å²) in [4.78, 5) is 11.4. The zero-order chi connectivity index (χ0) is 12.0. The molecule has 5 heteroatoms. The number of aryl methyl sites for hydroxylation is 1. The molecule has 0 aliphatic carbocycles. The number of amides is 1. The lowest BCUT2D eigenvalue weighted by Crippen LogP contribution is -2.40. The van der Waals surface area contributed by atoms with Gasteiger partial charge in [0.15, 0.2) is 6.61 Å². The molecule has 0 radical (unpaired) electrons. The van der Waals surface area contributed by atoms with Crippen molar-refractivity contribution < 1.29 is 9.53 Å². The van der Waals surface area contributed by atoms with Gasteiger partial charge in [-0.15, -0.1) is 12.4 Å². The number of rotatable bonds is 5. The Hall–Kier alpha value is -1.26. The van der Waals surface area contributed by atoms with Crippen LogP contribution in [-0.2, 0) is 4.79 Å². The summed E-state index contributed by atoms with van der Waals surface area (Å²) in [6.45, 7) is 4.28. The number of hydrogen-bond donors (Lipinski definition) is 2. The average molecular weight is 259 g/mol. The van der Waals surface area contributed by atoms with Crippen LogP contribution < -0.4 is 15.8 Å². The van der Waals surface area contributed by atoms with E-state index in [-0.39, 0.29) is 31.0 Å². The highest BCUT2D eigenvalue weighted by atomic mass is 35.5. The van der Waals surface area contributed by atoms with Crippen molar-refractivity contribution in [1.82, 2.24) is 5.32 Å². The Morgan fingerprint density at radius 2 is 2.24 bits per heavy atom. The fourth-order valence-corrected chi connectivity index (χ4v) is 1.23. The van der Waals surface area contributed by atoms with Gasteiger partial charge in [-0.2, -0.15) is 0 Å². The first-order valence-electron chi connectivity index (χ1n) is 5.30. The van der Waals surface area contributed by atoms with Crippen molar-refractivity contribution in [3.05, 3.63) is 29.8 Å². The third kappa shape index (κ3) is 6.14. The number of halogens is 1. The zero-order valence-corrected chi connectivity index (χ0v) is 10.9. The van der Waals surface area contributed by atoms with Crippen LogP contribution in [0.2, 0.25) is 0 Å². The van der Waals surface area contributed by atoms with Gasteiger partial charge in [0.1, 0.15) is 5.75 Å². The first kappa shape index (κ1) is 15.7. The minimum atomic E-state index is -0.153. The van der Waals surface area contributed by atoms with E-state index in [4.69, 9.17) is 10.5 Å². The van der Waals surface area contributed by atoms with Crippen LogP contribution in [0.4, 0.5) is 0 Å². The molecule has 3 N–H and O–H groups in total. The molecule has 0 aromatic heterocycles. The van der Waals surface area contributed by atoms with Gasteiger partial charge in [-0.1, -0.05) is 12.1 Å². The molecule has 0 fully saturated rings. The lowest BCUT2D eigenvalue weighted by Gasteiger charge is -2.12. The summed E-state index contributed by atoms with van der Waals surface area (Å²) >= 11 is 0. The first-order chi connectivity index (χ1) is 7.61. The van der Waals surface area contributed by atoms with Gasteiger partial charge in [-0.3, -0.25) is 4.79 Å². The molecular weight excluding hydrogens is 240 g/mol. The van der Waals surface area contributed by atoms with Crippen LogP contribution in [0.15, 0.2) is 24.3 Å². The molecule has 96 valence electrons. The summed E-state index contributed by atoms with van der Waals surface area (Å²) in [7, 11) is 0. The molecule has 0 aliphatic heterocycles. The first-order valence-corrected chi connectivity index (χ1v) is 5.30. The standard InChI is InChI=1S/C12H18N2O2.ClH/c1-9-4-3-5-11(6-9)16-8-12(15)14-10(2)7-13;/h3-6,10H,7-8,13H2,1-2H3,(H,14,15);1H/t10-;/m0./s1. The lowest BCUT2D eigenvalue weighted by atomic mass is 10.2. The van der Waals surface area contributed by atoms with Gasteiger partial charge in [0, 0.05) is 12.6 Å². The normalized spacial score (nSPS) is 11.2. The van der Waals surface area contributed by atoms with Gasteiger partial charge in [0.05, 0.1) is 0 Å². The summed E-state index contributed by atoms with van der Waals surface area (Å²) in [5.41, 5.74) is 6.50. The predicted molar refractivity (Wildman–Crippen MR) is 70.6 cm³/mol. The molecule has 17 heavy (non-hydrogen) atoms. The molecule has 0 bridgehead atoms. The van der Waals surface area contributed by atoms with Crippen molar-refractivity contribution in [2.75, 3.05) is 13.2 Å². The monoisotopic (exact) mass is 258 g/mol. The Kier molecular flexibility index (Phi) is 7.34. The van der Waals surface area contributed by atoms with Gasteiger partial charge in [0.25, 0.3) is 5.91 Å². The highest BCUT2D eigenvalue weighted by molar-refractivity contribution is 5.85. The molecule has 0 saturated carbocycles. The van der Waals surface area contributed by atoms with Crippen molar-refractivity contribution >= 4 is 18.3 Å². The van der Waals surface area contributed by atoms with Gasteiger partial charge >= 0.3 is 0 Å². The molecule has 0 unspecified atom stereocenters. The van der Waals surface area contributed by atoms with Crippen LogP contribution in [-0.4, -0.2) is 25.1 Å². The zero-order valence-electron chi connectivity index (χ0n) is 10.1. The average Bonchev–Trinajstić information content (AvgIpc) is 2.26. The Labute approximate surface area is 108 Å². The van der Waals surface area contributed by atoms with E-state index < -0.39 is 0 Å². The summed E-state index contributed by atoms with van der Waals surface area (Å²) in [6, 6.07) is 7.56. The van der Waals surface area contributed by atoms with Crippen LogP contribution in [0.5, 0.6) is 5.75 Å². The Bertz CT molecular complexity index is 358. The fraction of sp³-hybridized carbons (Fsp3) is 0.417. The smallest absolute Gasteiger partial charge is 0.258 e. The van der Waals surface area contributed by atoms with Crippen LogP contribution in [0.3, 0.4) is 0 Å². The Balaban J connectivity index is 0.00000256. The molecular formula is C12H19ClN2O2. The van der Waals surface area contributed by atoms with Crippen molar-refractivity contribution in [2.45, 2.75) is 19.9 Å². The topological polar surface area (TPSA) is 64.3 Å². The highest BCUT2D eigenvalue weighted by Crippen LogP contribution is 2.11. The third-order valence-corrected chi connectivity index (χ3v) is 2.12. The fourth-order valence-electron chi connectivity index (χ4n) is 1.23. The maximum Gasteiger partial charge on any atom is 0.258 e. The largest absolute Gasteiger partial charge is 0.484 e. The Morgan fingerprint density at radius 1 is 1.53 bits per heavy atom. The highest BCUT2D eigenvalue weighted by Gasteiger charge is 2.06. The minimum Gasteiger partial charge on any atom is -0.484 e. The van der Waals surface area contributed by atoms with E-state index in [1.165, 1.54) is 0 Å². The number of benzene rings is 1. The lowest BCUT2D eigenvalue weighted by molar-refractivity contribution is -0.123. The van der Waals surface area contributed by atoms with Crippen LogP contribution >= 0.6 is 12.4 Å². The molecule has 1 aromatic carbocycles. The number of nitrogens with two attached hydrogens (primary N) is 1. The molecule has 1 amide bonds. The van der Waals surface area contributed by atoms with E-state index in [9.17, 15) is 4.79 Å². The van der Waals surface area contributed by atoms with Crippen molar-refractivity contribution in [2.24, 2.45) is 5.73 Å². The maximum atomic E-state index is 11.4. The molecule has 0 aliphatic rings. The van der Waals surface area contributed by atoms with Crippen LogP contribution in [0.1, 0.15) is 12.5 Å². The molecule has 0 heterocycles. The second kappa shape index (κ2) is 7.92. The number of ether oxygens (including phenoxy) is 1. The van der Waals surface area contributed by atoms with Crippen molar-refractivity contribution in [3.63, 3.8) is 0 Å². The number of carbonyl (C=O) groups excluding carboxylic acids is 1. The molecule has 0 spiro atoms. The predicted octanol–water partition coefficient (Wildman–Crippen LogP) is 1.26. The van der Waals surface area contributed by atoms with E-state index in [1.807, 2.05) is 38.1 Å². The van der Waals surface area contributed by atoms with Crippen LogP contribution in [0.25, 0.3) is 0 Å². The van der Waals surface area contributed by atoms with Gasteiger partial charge in [-0.05, 0) is 31.5 Å². The van der Waals surface area contributed by atoms with Crippen molar-refractivity contribution in [3.8, 4) is 5.75 Å². The maximum absolute atomic E-state index is 11.4. The van der Waals surface area contributed by atoms with E-state index in [2.05, 4.69) is 5.32 Å². The molecule has 4 nitrogen and oxygen atoms in total. The van der Waals surface area contributed by atoms with E-state index >= 15 is 0 Å². The second-order valence-electron chi connectivity index (χ2n) is 3.81. The summed E-state index contributed by atoms with van der Waals surface area (Å²) in [5, 5.41) is 2.73. The number of nitrogens with one attached hydrogen (secondary N) is 1. The molecule has 1 aromatic rings. The second-order valence-corrected chi connectivity index (χ2v) is 3.81. The molecule has 0 saturated heterocycles. The summed E-state index contributed by atoms with van der Waals surface area (Å²) in [6.07, 6.45) is 0. The Morgan fingerprint density at radius 3 is 2.82 bits per heavy atom. The van der Waals surface area contributed by atoms with E-state index in [0.29, 0.717) is 12.3 Å². The number of carbonyl (C=O) groups is 1. The van der Waals surface area contributed by atoms with Gasteiger partial charge in [-0.25, -0.2) is 0 Å². The summed E-state index contributed by atoms with van der Waals surface area (Å²) in [5.74, 6) is 0.551. The number of hydrogen-bond acceptors (Lipinski definition) is 3. The SMILES string of the molecule is Cc1cccc(OCC(=O)N[C@@H](C)CN)c1.Cl. The minimum absolute atomic E-state index is 0. The van der Waals surface area contributed by atoms with Crippen LogP contribution in [0, 0.1) is 6.92 Å². The molecule has 1 atom stereocenters. The van der Waals surface area contributed by atoms with E-state index in [1.54, 1.807) is 0 Å². The molecule has 1 rings (SSSR count). The summed E-state index contributed by atoms with van der Waals surface area (Å²) < 4.78 is 5.34. The van der Waals surface area contributed by atoms with Crippen molar-refractivity contribution in [1.29, 1.82) is 0 Å². The van der Waals surface area contributed by atoms with Gasteiger partial charge in [0.2, 0.25) is 0 Å². The third-order valence-electron chi connectivity index (χ3n) is 2.12. The van der Waals surface area contributed by atoms with E-state index in [0.717, 1.165) is 5.56 Å². The quantitative estimate of drug-likeness (QED) is 0.836.